The van der Waals surface area contributed by atoms with E-state index in [1.165, 1.54) is 0 Å². The Labute approximate surface area is 143 Å². The molecule has 23 heavy (non-hydrogen) atoms. The molecule has 1 aliphatic heterocycles. The Balaban J connectivity index is 1.82. The van der Waals surface area contributed by atoms with Crippen LogP contribution < -0.4 is 0 Å². The third-order valence-electron chi connectivity index (χ3n) is 3.87. The van der Waals surface area contributed by atoms with E-state index in [9.17, 15) is 4.79 Å². The molecule has 1 fully saturated rings. The van der Waals surface area contributed by atoms with Crippen molar-refractivity contribution < 1.29 is 14.3 Å². The van der Waals surface area contributed by atoms with Gasteiger partial charge in [0.15, 0.2) is 0 Å². The van der Waals surface area contributed by atoms with Crippen molar-refractivity contribution in [3.63, 3.8) is 0 Å². The number of hydrogen-bond donors (Lipinski definition) is 0. The third kappa shape index (κ3) is 5.77. The van der Waals surface area contributed by atoms with Gasteiger partial charge in [0.1, 0.15) is 16.7 Å². The van der Waals surface area contributed by atoms with Crippen LogP contribution in [0.1, 0.15) is 64.5 Å². The maximum absolute atomic E-state index is 12.4. The van der Waals surface area contributed by atoms with Crippen LogP contribution in [0.5, 0.6) is 0 Å². The van der Waals surface area contributed by atoms with Crippen molar-refractivity contribution in [2.45, 2.75) is 71.1 Å². The predicted octanol–water partition coefficient (Wildman–Crippen LogP) is 4.40. The molecule has 6 heteroatoms. The summed E-state index contributed by atoms with van der Waals surface area (Å²) in [6.45, 7) is 9.14. The number of rotatable bonds is 5. The molecule has 1 aromatic heterocycles. The summed E-state index contributed by atoms with van der Waals surface area (Å²) in [4.78, 5) is 18.5. The normalized spacial score (nSPS) is 20.3. The minimum atomic E-state index is -0.449. The quantitative estimate of drug-likeness (QED) is 0.797. The van der Waals surface area contributed by atoms with E-state index in [4.69, 9.17) is 9.47 Å². The molecule has 1 saturated heterocycles. The molecule has 5 nitrogen and oxygen atoms in total. The van der Waals surface area contributed by atoms with E-state index in [-0.39, 0.29) is 18.2 Å². The van der Waals surface area contributed by atoms with Gasteiger partial charge in [-0.3, -0.25) is 0 Å². The molecule has 0 aromatic carbocycles. The molecule has 0 aliphatic carbocycles. The molecule has 0 N–H and O–H groups in total. The smallest absolute Gasteiger partial charge is 0.410 e. The van der Waals surface area contributed by atoms with Crippen LogP contribution in [0.3, 0.4) is 0 Å². The number of hydrogen-bond acceptors (Lipinski definition) is 5. The Hall–Kier alpha value is -1.14. The van der Waals surface area contributed by atoms with Crippen molar-refractivity contribution in [3.8, 4) is 0 Å². The van der Waals surface area contributed by atoms with Crippen molar-refractivity contribution >= 4 is 17.4 Å². The first-order valence-electron chi connectivity index (χ1n) is 8.37. The van der Waals surface area contributed by atoms with Crippen molar-refractivity contribution in [3.05, 3.63) is 16.6 Å². The monoisotopic (exact) mass is 340 g/mol. The summed E-state index contributed by atoms with van der Waals surface area (Å²) in [5, 5.41) is 2.96. The largest absolute Gasteiger partial charge is 0.444 e. The van der Waals surface area contributed by atoms with E-state index in [2.05, 4.69) is 4.98 Å². The summed E-state index contributed by atoms with van der Waals surface area (Å²) in [5.41, 5.74) is -0.449. The Bertz CT molecular complexity index is 485. The van der Waals surface area contributed by atoms with Crippen LogP contribution in [-0.2, 0) is 9.47 Å². The first-order valence-corrected chi connectivity index (χ1v) is 9.25. The average Bonchev–Trinajstić information content (AvgIpc) is 3.00. The number of nitrogens with zero attached hydrogens (tertiary/aromatic N) is 2. The van der Waals surface area contributed by atoms with Crippen molar-refractivity contribution in [1.82, 2.24) is 9.88 Å². The number of carbonyl (C=O) groups excluding carboxylic acids is 1. The van der Waals surface area contributed by atoms with Gasteiger partial charge in [-0.05, 0) is 53.4 Å². The number of ether oxygens (including phenoxy) is 2. The minimum Gasteiger partial charge on any atom is -0.444 e. The maximum Gasteiger partial charge on any atom is 0.410 e. The number of thiazole rings is 1. The summed E-state index contributed by atoms with van der Waals surface area (Å²) in [6.07, 6.45) is 5.68. The Morgan fingerprint density at radius 1 is 1.48 bits per heavy atom. The van der Waals surface area contributed by atoms with Gasteiger partial charge in [0, 0.05) is 30.8 Å². The molecule has 1 amide bonds. The van der Waals surface area contributed by atoms with E-state index in [1.807, 2.05) is 38.0 Å². The zero-order chi connectivity index (χ0) is 16.9. The second kappa shape index (κ2) is 8.11. The van der Waals surface area contributed by atoms with Gasteiger partial charge in [-0.1, -0.05) is 0 Å². The van der Waals surface area contributed by atoms with E-state index < -0.39 is 5.60 Å². The molecular weight excluding hydrogens is 312 g/mol. The highest BCUT2D eigenvalue weighted by molar-refractivity contribution is 7.09. The van der Waals surface area contributed by atoms with Gasteiger partial charge < -0.3 is 14.4 Å². The van der Waals surface area contributed by atoms with Gasteiger partial charge in [0.2, 0.25) is 0 Å². The number of carbonyl (C=O) groups is 1. The van der Waals surface area contributed by atoms with Crippen molar-refractivity contribution in [1.29, 1.82) is 0 Å². The number of aromatic nitrogens is 1. The third-order valence-corrected chi connectivity index (χ3v) is 4.81. The van der Waals surface area contributed by atoms with Crippen LogP contribution in [0.2, 0.25) is 0 Å². The number of likely N-dealkylation sites (tertiary alicyclic amines) is 1. The molecule has 2 rings (SSSR count). The topological polar surface area (TPSA) is 51.7 Å². The summed E-state index contributed by atoms with van der Waals surface area (Å²) < 4.78 is 11.4. The molecule has 2 heterocycles. The molecule has 1 aromatic rings. The highest BCUT2D eigenvalue weighted by Gasteiger charge is 2.30. The molecule has 0 radical (unpaired) electrons. The van der Waals surface area contributed by atoms with E-state index >= 15 is 0 Å². The van der Waals surface area contributed by atoms with Crippen molar-refractivity contribution in [2.24, 2.45) is 0 Å². The zero-order valence-corrected chi connectivity index (χ0v) is 15.4. The van der Waals surface area contributed by atoms with Crippen molar-refractivity contribution in [2.75, 3.05) is 13.2 Å². The van der Waals surface area contributed by atoms with Crippen LogP contribution in [0.25, 0.3) is 0 Å². The molecule has 1 aliphatic rings. The summed E-state index contributed by atoms with van der Waals surface area (Å²) >= 11 is 1.61. The lowest BCUT2D eigenvalue weighted by Gasteiger charge is -2.36. The Kier molecular flexibility index (Phi) is 6.41. The van der Waals surface area contributed by atoms with Crippen LogP contribution in [0.4, 0.5) is 4.79 Å². The first-order chi connectivity index (χ1) is 10.9. The zero-order valence-electron chi connectivity index (χ0n) is 14.6. The SMILES string of the molecule is C[C@H](OCC[C@@H]1CCCCN1C(=O)OC(C)(C)C)c1nccs1. The van der Waals surface area contributed by atoms with Gasteiger partial charge >= 0.3 is 6.09 Å². The van der Waals surface area contributed by atoms with Gasteiger partial charge in [-0.15, -0.1) is 11.3 Å². The first kappa shape index (κ1) is 18.2. The van der Waals surface area contributed by atoms with Crippen LogP contribution in [-0.4, -0.2) is 40.8 Å². The summed E-state index contributed by atoms with van der Waals surface area (Å²) in [7, 11) is 0. The molecule has 0 saturated carbocycles. The van der Waals surface area contributed by atoms with Gasteiger partial charge in [-0.25, -0.2) is 9.78 Å². The fraction of sp³-hybridized carbons (Fsp3) is 0.765. The summed E-state index contributed by atoms with van der Waals surface area (Å²) in [6, 6.07) is 0.210. The van der Waals surface area contributed by atoms with E-state index in [0.717, 1.165) is 37.2 Å². The van der Waals surface area contributed by atoms with Gasteiger partial charge in [0.05, 0.1) is 0 Å². The van der Waals surface area contributed by atoms with Gasteiger partial charge in [0.25, 0.3) is 0 Å². The molecule has 0 unspecified atom stereocenters. The maximum atomic E-state index is 12.4. The second-order valence-corrected chi connectivity index (χ2v) is 7.92. The molecule has 130 valence electrons. The lowest BCUT2D eigenvalue weighted by atomic mass is 10.0. The molecular formula is C17H28N2O3S. The highest BCUT2D eigenvalue weighted by Crippen LogP contribution is 2.24. The lowest BCUT2D eigenvalue weighted by Crippen LogP contribution is -2.46. The predicted molar refractivity (Wildman–Crippen MR) is 91.7 cm³/mol. The Morgan fingerprint density at radius 3 is 2.91 bits per heavy atom. The van der Waals surface area contributed by atoms with Crippen LogP contribution >= 0.6 is 11.3 Å². The minimum absolute atomic E-state index is 0.00793. The Morgan fingerprint density at radius 2 is 2.26 bits per heavy atom. The molecule has 2 atom stereocenters. The van der Waals surface area contributed by atoms with Gasteiger partial charge in [-0.2, -0.15) is 0 Å². The number of piperidine rings is 1. The average molecular weight is 340 g/mol. The van der Waals surface area contributed by atoms with Crippen LogP contribution in [0, 0.1) is 0 Å². The fourth-order valence-electron chi connectivity index (χ4n) is 2.75. The second-order valence-electron chi connectivity index (χ2n) is 7.00. The summed E-state index contributed by atoms with van der Waals surface area (Å²) in [5.74, 6) is 0. The highest BCUT2D eigenvalue weighted by atomic mass is 32.1. The lowest BCUT2D eigenvalue weighted by molar-refractivity contribution is -0.000262. The molecule has 0 bridgehead atoms. The van der Waals surface area contributed by atoms with E-state index in [1.54, 1.807) is 17.5 Å². The number of amides is 1. The van der Waals surface area contributed by atoms with E-state index in [0.29, 0.717) is 6.61 Å². The molecule has 0 spiro atoms. The van der Waals surface area contributed by atoms with Crippen LogP contribution in [0.15, 0.2) is 11.6 Å². The fourth-order valence-corrected chi connectivity index (χ4v) is 3.39. The standard InChI is InChI=1S/C17H28N2O3S/c1-13(15-18-9-12-23-15)21-11-8-14-7-5-6-10-19(14)16(20)22-17(2,3)4/h9,12-14H,5-8,10-11H2,1-4H3/t13-,14-/m0/s1.